The molecule has 32 heavy (non-hydrogen) atoms. The van der Waals surface area contributed by atoms with Gasteiger partial charge in [-0.3, -0.25) is 9.88 Å². The second kappa shape index (κ2) is 8.85. The van der Waals surface area contributed by atoms with E-state index in [2.05, 4.69) is 77.5 Å². The molecule has 2 aromatic carbocycles. The monoisotopic (exact) mass is 426 g/mol. The normalized spacial score (nSPS) is 19.2. The molecule has 0 saturated carbocycles. The fraction of sp³-hybridized carbons (Fsp3) is 0.333. The fourth-order valence-electron chi connectivity index (χ4n) is 4.74. The van der Waals surface area contributed by atoms with Crippen LogP contribution in [0.4, 0.5) is 0 Å². The zero-order valence-corrected chi connectivity index (χ0v) is 18.7. The van der Waals surface area contributed by atoms with Crippen LogP contribution in [0.15, 0.2) is 73.2 Å². The zero-order valence-electron chi connectivity index (χ0n) is 18.7. The standard InChI is InChI=1S/C27H30N4O/c1-19(2)21-7-9-24(10-8-21)31-16-20(14-29-31)15-30-17-23(27(32)18-30)13-22-11-12-28-26-6-4-3-5-25(22)26/h3-12,14,16,19,23,27,32H,13,15,17-18H2,1-2H3/t23-,27-/m1/s1. The van der Waals surface area contributed by atoms with Crippen molar-refractivity contribution >= 4 is 10.9 Å². The summed E-state index contributed by atoms with van der Waals surface area (Å²) in [5, 5.41) is 16.5. The Morgan fingerprint density at radius 1 is 1.03 bits per heavy atom. The van der Waals surface area contributed by atoms with E-state index in [1.54, 1.807) is 0 Å². The molecule has 2 atom stereocenters. The number of fused-ring (bicyclic) bond motifs is 1. The molecular weight excluding hydrogens is 396 g/mol. The molecule has 5 rings (SSSR count). The molecule has 0 aliphatic carbocycles. The summed E-state index contributed by atoms with van der Waals surface area (Å²) in [4.78, 5) is 6.80. The van der Waals surface area contributed by atoms with Crippen LogP contribution in [0, 0.1) is 5.92 Å². The first-order valence-corrected chi connectivity index (χ1v) is 11.4. The number of benzene rings is 2. The van der Waals surface area contributed by atoms with Gasteiger partial charge < -0.3 is 5.11 Å². The van der Waals surface area contributed by atoms with Crippen molar-refractivity contribution in [2.45, 2.75) is 38.8 Å². The smallest absolute Gasteiger partial charge is 0.0710 e. The summed E-state index contributed by atoms with van der Waals surface area (Å²) in [5.41, 5.74) is 5.85. The van der Waals surface area contributed by atoms with Gasteiger partial charge in [0.05, 0.1) is 23.5 Å². The Bertz CT molecular complexity index is 1190. The van der Waals surface area contributed by atoms with Crippen molar-refractivity contribution in [3.63, 3.8) is 0 Å². The van der Waals surface area contributed by atoms with Gasteiger partial charge in [-0.25, -0.2) is 4.68 Å². The van der Waals surface area contributed by atoms with Gasteiger partial charge in [0, 0.05) is 48.9 Å². The second-order valence-corrected chi connectivity index (χ2v) is 9.25. The molecule has 0 unspecified atom stereocenters. The highest BCUT2D eigenvalue weighted by atomic mass is 16.3. The minimum absolute atomic E-state index is 0.222. The molecule has 0 spiro atoms. The first-order chi connectivity index (χ1) is 15.6. The van der Waals surface area contributed by atoms with Gasteiger partial charge in [-0.2, -0.15) is 5.10 Å². The van der Waals surface area contributed by atoms with E-state index in [1.165, 1.54) is 22.1 Å². The van der Waals surface area contributed by atoms with Gasteiger partial charge in [0.15, 0.2) is 0 Å². The Kier molecular flexibility index (Phi) is 5.77. The van der Waals surface area contributed by atoms with Crippen LogP contribution in [0.2, 0.25) is 0 Å². The van der Waals surface area contributed by atoms with Crippen LogP contribution in [-0.2, 0) is 13.0 Å². The van der Waals surface area contributed by atoms with E-state index in [0.717, 1.165) is 30.7 Å². The molecule has 2 aromatic heterocycles. The Hall–Kier alpha value is -3.02. The lowest BCUT2D eigenvalue weighted by atomic mass is 9.94. The van der Waals surface area contributed by atoms with Crippen LogP contribution in [0.25, 0.3) is 16.6 Å². The van der Waals surface area contributed by atoms with Crippen LogP contribution in [0.5, 0.6) is 0 Å². The van der Waals surface area contributed by atoms with Crippen molar-refractivity contribution in [3.05, 3.63) is 89.9 Å². The maximum Gasteiger partial charge on any atom is 0.0710 e. The van der Waals surface area contributed by atoms with Gasteiger partial charge in [0.1, 0.15) is 0 Å². The highest BCUT2D eigenvalue weighted by molar-refractivity contribution is 5.81. The number of nitrogens with zero attached hydrogens (tertiary/aromatic N) is 4. The van der Waals surface area contributed by atoms with Crippen molar-refractivity contribution in [2.75, 3.05) is 13.1 Å². The summed E-state index contributed by atoms with van der Waals surface area (Å²) in [6.07, 6.45) is 6.45. The number of likely N-dealkylation sites (tertiary alicyclic amines) is 1. The number of aliphatic hydroxyl groups excluding tert-OH is 1. The molecule has 0 amide bonds. The maximum absolute atomic E-state index is 10.7. The molecule has 0 radical (unpaired) electrons. The molecule has 5 nitrogen and oxygen atoms in total. The lowest BCUT2D eigenvalue weighted by Gasteiger charge is -2.15. The van der Waals surface area contributed by atoms with Crippen molar-refractivity contribution in [1.29, 1.82) is 0 Å². The van der Waals surface area contributed by atoms with E-state index in [0.29, 0.717) is 12.5 Å². The van der Waals surface area contributed by atoms with Gasteiger partial charge in [0.2, 0.25) is 0 Å². The van der Waals surface area contributed by atoms with Crippen LogP contribution in [-0.4, -0.2) is 44.0 Å². The number of rotatable bonds is 6. The average Bonchev–Trinajstić information content (AvgIpc) is 3.40. The van der Waals surface area contributed by atoms with Gasteiger partial charge >= 0.3 is 0 Å². The van der Waals surface area contributed by atoms with Crippen LogP contribution >= 0.6 is 0 Å². The van der Waals surface area contributed by atoms with E-state index < -0.39 is 0 Å². The number of para-hydroxylation sites is 1. The van der Waals surface area contributed by atoms with Gasteiger partial charge in [-0.05, 0) is 47.7 Å². The van der Waals surface area contributed by atoms with Crippen molar-refractivity contribution in [2.24, 2.45) is 5.92 Å². The number of pyridine rings is 1. The Morgan fingerprint density at radius 2 is 1.84 bits per heavy atom. The van der Waals surface area contributed by atoms with Crippen molar-refractivity contribution < 1.29 is 5.11 Å². The summed E-state index contributed by atoms with van der Waals surface area (Å²) >= 11 is 0. The molecule has 164 valence electrons. The number of hydrogen-bond donors (Lipinski definition) is 1. The summed E-state index contributed by atoms with van der Waals surface area (Å²) in [7, 11) is 0. The Morgan fingerprint density at radius 3 is 2.66 bits per heavy atom. The Labute approximate surface area is 189 Å². The van der Waals surface area contributed by atoms with E-state index in [1.807, 2.05) is 29.2 Å². The van der Waals surface area contributed by atoms with E-state index in [-0.39, 0.29) is 12.0 Å². The van der Waals surface area contributed by atoms with Gasteiger partial charge in [-0.15, -0.1) is 0 Å². The average molecular weight is 427 g/mol. The van der Waals surface area contributed by atoms with Crippen LogP contribution < -0.4 is 0 Å². The lowest BCUT2D eigenvalue weighted by Crippen LogP contribution is -2.21. The SMILES string of the molecule is CC(C)c1ccc(-n2cc(CN3C[C@@H](Cc4ccnc5ccccc45)[C@H](O)C3)cn2)cc1. The molecule has 1 fully saturated rings. The molecule has 0 bridgehead atoms. The van der Waals surface area contributed by atoms with E-state index in [4.69, 9.17) is 0 Å². The highest BCUT2D eigenvalue weighted by Gasteiger charge is 2.31. The number of hydrogen-bond acceptors (Lipinski definition) is 4. The third kappa shape index (κ3) is 4.31. The maximum atomic E-state index is 10.7. The molecule has 1 N–H and O–H groups in total. The van der Waals surface area contributed by atoms with Gasteiger partial charge in [-0.1, -0.05) is 44.2 Å². The predicted octanol–water partition coefficient (Wildman–Crippen LogP) is 4.58. The quantitative estimate of drug-likeness (QED) is 0.490. The fourth-order valence-corrected chi connectivity index (χ4v) is 4.74. The zero-order chi connectivity index (χ0) is 22.1. The number of β-amino-alcohol motifs (C(OH)–C–C–N with tert-alkyl or cyclic N) is 1. The van der Waals surface area contributed by atoms with Crippen LogP contribution in [0.3, 0.4) is 0 Å². The number of aromatic nitrogens is 3. The third-order valence-electron chi connectivity index (χ3n) is 6.57. The summed E-state index contributed by atoms with van der Waals surface area (Å²) < 4.78 is 1.94. The Balaban J connectivity index is 1.25. The van der Waals surface area contributed by atoms with E-state index in [9.17, 15) is 5.11 Å². The number of aliphatic hydroxyl groups is 1. The summed E-state index contributed by atoms with van der Waals surface area (Å²) in [5.74, 6) is 0.747. The third-order valence-corrected chi connectivity index (χ3v) is 6.57. The summed E-state index contributed by atoms with van der Waals surface area (Å²) in [6.45, 7) is 6.79. The molecule has 5 heteroatoms. The topological polar surface area (TPSA) is 54.2 Å². The predicted molar refractivity (Wildman–Crippen MR) is 128 cm³/mol. The highest BCUT2D eigenvalue weighted by Crippen LogP contribution is 2.26. The molecular formula is C27H30N4O. The van der Waals surface area contributed by atoms with Crippen LogP contribution in [0.1, 0.15) is 36.5 Å². The molecule has 1 saturated heterocycles. The first-order valence-electron chi connectivity index (χ1n) is 11.4. The second-order valence-electron chi connectivity index (χ2n) is 9.25. The van der Waals surface area contributed by atoms with E-state index >= 15 is 0 Å². The molecule has 3 heterocycles. The largest absolute Gasteiger partial charge is 0.391 e. The van der Waals surface area contributed by atoms with Crippen molar-refractivity contribution in [3.8, 4) is 5.69 Å². The van der Waals surface area contributed by atoms with Gasteiger partial charge in [0.25, 0.3) is 0 Å². The lowest BCUT2D eigenvalue weighted by molar-refractivity contribution is 0.141. The molecule has 4 aromatic rings. The molecule has 1 aliphatic rings. The molecule has 1 aliphatic heterocycles. The minimum Gasteiger partial charge on any atom is -0.391 e. The first kappa shape index (κ1) is 20.9. The summed E-state index contributed by atoms with van der Waals surface area (Å²) in [6, 6.07) is 18.9. The van der Waals surface area contributed by atoms with Crippen molar-refractivity contribution in [1.82, 2.24) is 19.7 Å². The minimum atomic E-state index is -0.319.